The highest BCUT2D eigenvalue weighted by molar-refractivity contribution is 5.81. The standard InChI is InChI=1S/C14H12O3.H2O/c15-13(16)14(17,11-7-3-1-4-8-11)12-9-5-2-6-10-12;/h1-10,17H,(H,15,16);1H2/p-1. The maximum Gasteiger partial charge on any atom is 0.154 e. The second-order valence-electron chi connectivity index (χ2n) is 3.73. The van der Waals surface area contributed by atoms with Crippen LogP contribution in [0, 0.1) is 0 Å². The van der Waals surface area contributed by atoms with E-state index in [-0.39, 0.29) is 16.6 Å². The van der Waals surface area contributed by atoms with Crippen molar-refractivity contribution in [3.8, 4) is 0 Å². The number of carbonyl (C=O) groups is 1. The van der Waals surface area contributed by atoms with Gasteiger partial charge in [0.2, 0.25) is 0 Å². The Kier molecular flexibility index (Phi) is 4.20. The largest absolute Gasteiger partial charge is 0.546 e. The predicted molar refractivity (Wildman–Crippen MR) is 64.5 cm³/mol. The van der Waals surface area contributed by atoms with Crippen molar-refractivity contribution in [1.82, 2.24) is 0 Å². The van der Waals surface area contributed by atoms with Gasteiger partial charge in [-0.3, -0.25) is 0 Å². The summed E-state index contributed by atoms with van der Waals surface area (Å²) in [6.07, 6.45) is 0. The van der Waals surface area contributed by atoms with Crippen LogP contribution in [0.1, 0.15) is 11.1 Å². The predicted octanol–water partition coefficient (Wildman–Crippen LogP) is -0.152. The third-order valence-corrected chi connectivity index (χ3v) is 2.68. The SMILES string of the molecule is O.O=C([O-])C(O)(c1ccccc1)c1ccccc1. The second kappa shape index (κ2) is 5.44. The fourth-order valence-corrected chi connectivity index (χ4v) is 1.76. The number of aliphatic hydroxyl groups is 1. The summed E-state index contributed by atoms with van der Waals surface area (Å²) in [5.74, 6) is -1.53. The van der Waals surface area contributed by atoms with Gasteiger partial charge in [-0.2, -0.15) is 0 Å². The highest BCUT2D eigenvalue weighted by atomic mass is 16.4. The Morgan fingerprint density at radius 1 is 0.889 bits per heavy atom. The zero-order valence-corrected chi connectivity index (χ0v) is 9.54. The zero-order valence-electron chi connectivity index (χ0n) is 9.54. The van der Waals surface area contributed by atoms with Crippen LogP contribution in [0.15, 0.2) is 60.7 Å². The van der Waals surface area contributed by atoms with Crippen LogP contribution >= 0.6 is 0 Å². The van der Waals surface area contributed by atoms with E-state index >= 15 is 0 Å². The van der Waals surface area contributed by atoms with E-state index in [2.05, 4.69) is 0 Å². The van der Waals surface area contributed by atoms with Gasteiger partial charge in [0, 0.05) is 0 Å². The average molecular weight is 245 g/mol. The van der Waals surface area contributed by atoms with E-state index in [0.717, 1.165) is 0 Å². The molecule has 94 valence electrons. The Morgan fingerprint density at radius 2 is 1.22 bits per heavy atom. The van der Waals surface area contributed by atoms with Crippen LogP contribution in [0.5, 0.6) is 0 Å². The molecule has 0 aliphatic carbocycles. The Bertz CT molecular complexity index is 468. The van der Waals surface area contributed by atoms with E-state index in [4.69, 9.17) is 0 Å². The molecule has 3 N–H and O–H groups in total. The molecule has 0 fully saturated rings. The van der Waals surface area contributed by atoms with E-state index in [9.17, 15) is 15.0 Å². The van der Waals surface area contributed by atoms with Gasteiger partial charge in [-0.1, -0.05) is 60.7 Å². The first-order valence-electron chi connectivity index (χ1n) is 5.20. The zero-order chi connectivity index (χ0) is 12.3. The van der Waals surface area contributed by atoms with Crippen LogP contribution in [0.3, 0.4) is 0 Å². The number of carboxylic acid groups (broad SMARTS) is 1. The Hall–Kier alpha value is -2.17. The summed E-state index contributed by atoms with van der Waals surface area (Å²) in [4.78, 5) is 11.3. The van der Waals surface area contributed by atoms with E-state index < -0.39 is 11.6 Å². The van der Waals surface area contributed by atoms with Crippen LogP contribution in [-0.4, -0.2) is 16.6 Å². The molecule has 4 heteroatoms. The first kappa shape index (κ1) is 13.9. The molecule has 0 aliphatic heterocycles. The molecular formula is C14H13O4-. The lowest BCUT2D eigenvalue weighted by Gasteiger charge is -2.30. The minimum atomic E-state index is -2.11. The van der Waals surface area contributed by atoms with Crippen molar-refractivity contribution in [1.29, 1.82) is 0 Å². The number of benzene rings is 2. The molecule has 0 radical (unpaired) electrons. The van der Waals surface area contributed by atoms with Gasteiger partial charge >= 0.3 is 0 Å². The Balaban J connectivity index is 0.00000162. The minimum absolute atomic E-state index is 0. The van der Waals surface area contributed by atoms with Crippen LogP contribution in [0.2, 0.25) is 0 Å². The lowest BCUT2D eigenvalue weighted by Crippen LogP contribution is -2.46. The molecule has 0 saturated heterocycles. The Morgan fingerprint density at radius 3 is 1.50 bits per heavy atom. The summed E-state index contributed by atoms with van der Waals surface area (Å²) in [6, 6.07) is 16.4. The monoisotopic (exact) mass is 245 g/mol. The third kappa shape index (κ3) is 2.25. The number of carboxylic acids is 1. The van der Waals surface area contributed by atoms with Gasteiger partial charge in [-0.05, 0) is 11.1 Å². The average Bonchev–Trinajstić information content (AvgIpc) is 2.39. The molecule has 0 spiro atoms. The molecule has 2 aromatic carbocycles. The summed E-state index contributed by atoms with van der Waals surface area (Å²) in [5, 5.41) is 21.6. The molecule has 0 unspecified atom stereocenters. The molecule has 18 heavy (non-hydrogen) atoms. The minimum Gasteiger partial charge on any atom is -0.546 e. The molecule has 0 heterocycles. The number of aliphatic carboxylic acids is 1. The summed E-state index contributed by atoms with van der Waals surface area (Å²) in [5.41, 5.74) is -1.54. The first-order valence-corrected chi connectivity index (χ1v) is 5.20. The van der Waals surface area contributed by atoms with Gasteiger partial charge < -0.3 is 20.5 Å². The Labute approximate surface area is 104 Å². The van der Waals surface area contributed by atoms with Gasteiger partial charge in [0.15, 0.2) is 5.60 Å². The number of carbonyl (C=O) groups excluding carboxylic acids is 1. The number of hydrogen-bond donors (Lipinski definition) is 1. The molecule has 0 bridgehead atoms. The first-order chi connectivity index (χ1) is 8.15. The highest BCUT2D eigenvalue weighted by Crippen LogP contribution is 2.28. The second-order valence-corrected chi connectivity index (χ2v) is 3.73. The molecule has 0 amide bonds. The quantitative estimate of drug-likeness (QED) is 0.814. The summed E-state index contributed by atoms with van der Waals surface area (Å²) in [6.45, 7) is 0. The number of hydrogen-bond acceptors (Lipinski definition) is 3. The van der Waals surface area contributed by atoms with Crippen LogP contribution in [-0.2, 0) is 10.4 Å². The summed E-state index contributed by atoms with van der Waals surface area (Å²) >= 11 is 0. The van der Waals surface area contributed by atoms with Crippen molar-refractivity contribution >= 4 is 5.97 Å². The maximum absolute atomic E-state index is 11.3. The normalized spacial score (nSPS) is 10.5. The molecule has 0 saturated carbocycles. The molecule has 0 atom stereocenters. The summed E-state index contributed by atoms with van der Waals surface area (Å²) < 4.78 is 0. The van der Waals surface area contributed by atoms with E-state index in [0.29, 0.717) is 0 Å². The maximum atomic E-state index is 11.3. The smallest absolute Gasteiger partial charge is 0.154 e. The number of rotatable bonds is 3. The molecule has 2 rings (SSSR count). The van der Waals surface area contributed by atoms with Crippen LogP contribution < -0.4 is 5.11 Å². The van der Waals surface area contributed by atoms with Crippen molar-refractivity contribution in [3.63, 3.8) is 0 Å². The third-order valence-electron chi connectivity index (χ3n) is 2.68. The van der Waals surface area contributed by atoms with Crippen LogP contribution in [0.4, 0.5) is 0 Å². The molecule has 2 aromatic rings. The van der Waals surface area contributed by atoms with Crippen molar-refractivity contribution in [3.05, 3.63) is 71.8 Å². The van der Waals surface area contributed by atoms with Gasteiger partial charge in [0.1, 0.15) is 0 Å². The van der Waals surface area contributed by atoms with Crippen molar-refractivity contribution in [2.45, 2.75) is 5.60 Å². The molecular weight excluding hydrogens is 232 g/mol. The highest BCUT2D eigenvalue weighted by Gasteiger charge is 2.32. The van der Waals surface area contributed by atoms with E-state index in [1.54, 1.807) is 60.7 Å². The van der Waals surface area contributed by atoms with Crippen molar-refractivity contribution in [2.24, 2.45) is 0 Å². The van der Waals surface area contributed by atoms with Crippen molar-refractivity contribution < 1.29 is 20.5 Å². The van der Waals surface area contributed by atoms with Gasteiger partial charge in [0.05, 0.1) is 5.97 Å². The van der Waals surface area contributed by atoms with Crippen molar-refractivity contribution in [2.75, 3.05) is 0 Å². The molecule has 4 nitrogen and oxygen atoms in total. The molecule has 0 aliphatic rings. The topological polar surface area (TPSA) is 91.9 Å². The van der Waals surface area contributed by atoms with E-state index in [1.165, 1.54) is 0 Å². The lowest BCUT2D eigenvalue weighted by molar-refractivity contribution is -0.322. The fraction of sp³-hybridized carbons (Fsp3) is 0.0714. The van der Waals surface area contributed by atoms with Crippen LogP contribution in [0.25, 0.3) is 0 Å². The van der Waals surface area contributed by atoms with E-state index in [1.807, 2.05) is 0 Å². The lowest BCUT2D eigenvalue weighted by atomic mass is 9.86. The van der Waals surface area contributed by atoms with Gasteiger partial charge in [-0.25, -0.2) is 0 Å². The fourth-order valence-electron chi connectivity index (χ4n) is 1.76. The summed E-state index contributed by atoms with van der Waals surface area (Å²) in [7, 11) is 0. The van der Waals surface area contributed by atoms with Gasteiger partial charge in [-0.15, -0.1) is 0 Å². The van der Waals surface area contributed by atoms with Gasteiger partial charge in [0.25, 0.3) is 0 Å². The molecule has 0 aromatic heterocycles.